The first-order valence-corrected chi connectivity index (χ1v) is 10.7. The van der Waals surface area contributed by atoms with Crippen molar-refractivity contribution in [1.29, 1.82) is 0 Å². The third kappa shape index (κ3) is 4.20. The summed E-state index contributed by atoms with van der Waals surface area (Å²) in [6, 6.07) is 5.52. The molecule has 1 aliphatic rings. The summed E-state index contributed by atoms with van der Waals surface area (Å²) in [6.07, 6.45) is 1.52. The summed E-state index contributed by atoms with van der Waals surface area (Å²) in [7, 11) is 5.93. The van der Waals surface area contributed by atoms with E-state index in [-0.39, 0.29) is 22.5 Å². The number of carbonyl (C=O) groups excluding carboxylic acids is 1. The number of carboxylic acid groups (broad SMARTS) is 1. The summed E-state index contributed by atoms with van der Waals surface area (Å²) in [5.41, 5.74) is 3.31. The maximum Gasteiger partial charge on any atom is 0.407 e. The summed E-state index contributed by atoms with van der Waals surface area (Å²) in [6.45, 7) is 7.41. The number of fused-ring (bicyclic) bond motifs is 1. The molecule has 9 heteroatoms. The second kappa shape index (κ2) is 8.76. The summed E-state index contributed by atoms with van der Waals surface area (Å²) in [5, 5.41) is 18.3. The van der Waals surface area contributed by atoms with Gasteiger partial charge >= 0.3 is 12.0 Å². The van der Waals surface area contributed by atoms with Crippen molar-refractivity contribution < 1.29 is 14.7 Å². The van der Waals surface area contributed by atoms with Crippen molar-refractivity contribution in [3.05, 3.63) is 30.0 Å². The number of aromatic nitrogens is 3. The van der Waals surface area contributed by atoms with Crippen molar-refractivity contribution >= 4 is 17.7 Å². The quantitative estimate of drug-likeness (QED) is 0.710. The van der Waals surface area contributed by atoms with E-state index in [1.54, 1.807) is 11.6 Å². The molecule has 168 valence electrons. The average Bonchev–Trinajstić information content (AvgIpc) is 3.19. The molecule has 3 rings (SSSR count). The number of quaternary nitrogens is 1. The standard InChI is InChI=1S/C22H32N6O3/c1-7-27(22(30)31)20-12-15(2)28(6,16(3)29)21-9-8-17(13-18(20)21)19-14-26(24-23-19)11-10-25(4)5/h8-9,13-15,20H,7,10-12H2,1-6H3/p+1/t15-,20+,28?/m0/s1. The molecule has 2 aromatic rings. The van der Waals surface area contributed by atoms with Crippen molar-refractivity contribution in [3.8, 4) is 11.3 Å². The van der Waals surface area contributed by atoms with E-state index in [4.69, 9.17) is 0 Å². The van der Waals surface area contributed by atoms with E-state index in [1.165, 1.54) is 4.90 Å². The van der Waals surface area contributed by atoms with Crippen LogP contribution in [-0.4, -0.2) is 82.2 Å². The van der Waals surface area contributed by atoms with E-state index in [1.807, 2.05) is 59.4 Å². The number of likely N-dealkylation sites (N-methyl/N-ethyl adjacent to an activating group) is 1. The first kappa shape index (κ1) is 22.9. The van der Waals surface area contributed by atoms with E-state index in [0.29, 0.717) is 13.0 Å². The molecule has 0 aliphatic carbocycles. The van der Waals surface area contributed by atoms with E-state index in [2.05, 4.69) is 15.2 Å². The van der Waals surface area contributed by atoms with Crippen LogP contribution in [0, 0.1) is 0 Å². The van der Waals surface area contributed by atoms with Gasteiger partial charge in [0, 0.05) is 36.7 Å². The van der Waals surface area contributed by atoms with Crippen LogP contribution in [0.4, 0.5) is 10.5 Å². The molecule has 9 nitrogen and oxygen atoms in total. The van der Waals surface area contributed by atoms with Gasteiger partial charge in [-0.1, -0.05) is 5.21 Å². The van der Waals surface area contributed by atoms with Gasteiger partial charge in [-0.3, -0.25) is 4.68 Å². The summed E-state index contributed by atoms with van der Waals surface area (Å²) >= 11 is 0. The summed E-state index contributed by atoms with van der Waals surface area (Å²) in [4.78, 5) is 28.2. The van der Waals surface area contributed by atoms with Gasteiger partial charge in [-0.15, -0.1) is 5.10 Å². The fourth-order valence-electron chi connectivity index (χ4n) is 4.41. The maximum atomic E-state index is 12.7. The van der Waals surface area contributed by atoms with Crippen LogP contribution in [0.5, 0.6) is 0 Å². The Morgan fingerprint density at radius 3 is 2.61 bits per heavy atom. The van der Waals surface area contributed by atoms with Crippen molar-refractivity contribution in [2.24, 2.45) is 0 Å². The highest BCUT2D eigenvalue weighted by molar-refractivity contribution is 5.89. The van der Waals surface area contributed by atoms with Gasteiger partial charge in [0.2, 0.25) is 0 Å². The normalized spacial score (nSPS) is 22.9. The van der Waals surface area contributed by atoms with Crippen LogP contribution in [0.3, 0.4) is 0 Å². The first-order valence-electron chi connectivity index (χ1n) is 10.7. The van der Waals surface area contributed by atoms with Crippen LogP contribution in [0.15, 0.2) is 24.4 Å². The fourth-order valence-corrected chi connectivity index (χ4v) is 4.41. The van der Waals surface area contributed by atoms with Gasteiger partial charge in [0.1, 0.15) is 11.4 Å². The van der Waals surface area contributed by atoms with Crippen LogP contribution in [0.25, 0.3) is 11.3 Å². The minimum absolute atomic E-state index is 0.0351. The van der Waals surface area contributed by atoms with Crippen molar-refractivity contribution in [2.45, 2.75) is 45.8 Å². The molecule has 31 heavy (non-hydrogen) atoms. The topological polar surface area (TPSA) is 91.6 Å². The van der Waals surface area contributed by atoms with Gasteiger partial charge < -0.3 is 14.9 Å². The van der Waals surface area contributed by atoms with Crippen molar-refractivity contribution in [1.82, 2.24) is 29.3 Å². The van der Waals surface area contributed by atoms with Crippen LogP contribution in [-0.2, 0) is 11.3 Å². The lowest BCUT2D eigenvalue weighted by Crippen LogP contribution is -2.60. The molecule has 2 heterocycles. The predicted molar refractivity (Wildman–Crippen MR) is 120 cm³/mol. The monoisotopic (exact) mass is 429 g/mol. The largest absolute Gasteiger partial charge is 0.465 e. The lowest BCUT2D eigenvalue weighted by molar-refractivity contribution is -0.129. The van der Waals surface area contributed by atoms with Gasteiger partial charge in [-0.2, -0.15) is 0 Å². The smallest absolute Gasteiger partial charge is 0.407 e. The van der Waals surface area contributed by atoms with Gasteiger partial charge in [-0.25, -0.2) is 14.1 Å². The Balaban J connectivity index is 2.08. The zero-order valence-corrected chi connectivity index (χ0v) is 19.2. The summed E-state index contributed by atoms with van der Waals surface area (Å²) < 4.78 is 1.96. The Kier molecular flexibility index (Phi) is 6.47. The van der Waals surface area contributed by atoms with Crippen molar-refractivity contribution in [3.63, 3.8) is 0 Å². The van der Waals surface area contributed by atoms with Gasteiger partial charge in [0.25, 0.3) is 0 Å². The number of nitrogens with zero attached hydrogens (tertiary/aromatic N) is 6. The Hall–Kier alpha value is -2.78. The van der Waals surface area contributed by atoms with E-state index in [0.717, 1.165) is 35.6 Å². The van der Waals surface area contributed by atoms with Crippen LogP contribution < -0.4 is 4.48 Å². The molecule has 3 atom stereocenters. The molecular weight excluding hydrogens is 396 g/mol. The Morgan fingerprint density at radius 1 is 1.32 bits per heavy atom. The van der Waals surface area contributed by atoms with Gasteiger partial charge in [0.05, 0.1) is 38.8 Å². The molecule has 0 bridgehead atoms. The highest BCUT2D eigenvalue weighted by Crippen LogP contribution is 2.45. The number of amides is 2. The third-order valence-corrected chi connectivity index (χ3v) is 6.56. The Morgan fingerprint density at radius 2 is 2.03 bits per heavy atom. The molecule has 1 aromatic heterocycles. The molecule has 1 N–H and O–H groups in total. The number of carbonyl (C=O) groups is 2. The fraction of sp³-hybridized carbons (Fsp3) is 0.545. The molecule has 1 aliphatic heterocycles. The molecule has 1 aromatic carbocycles. The number of benzene rings is 1. The lowest BCUT2D eigenvalue weighted by Gasteiger charge is -2.45. The molecule has 0 spiro atoms. The molecule has 2 amide bonds. The van der Waals surface area contributed by atoms with E-state index >= 15 is 0 Å². The molecule has 0 saturated carbocycles. The molecular formula is C22H33N6O3+. The average molecular weight is 430 g/mol. The minimum atomic E-state index is -0.954. The van der Waals surface area contributed by atoms with Crippen LogP contribution in [0.2, 0.25) is 0 Å². The van der Waals surface area contributed by atoms with E-state index < -0.39 is 6.09 Å². The molecule has 1 unspecified atom stereocenters. The zero-order valence-electron chi connectivity index (χ0n) is 19.2. The van der Waals surface area contributed by atoms with Gasteiger partial charge in [0.15, 0.2) is 0 Å². The second-order valence-electron chi connectivity index (χ2n) is 8.71. The van der Waals surface area contributed by atoms with Crippen LogP contribution in [0.1, 0.15) is 38.8 Å². The van der Waals surface area contributed by atoms with Crippen LogP contribution >= 0.6 is 0 Å². The van der Waals surface area contributed by atoms with Gasteiger partial charge in [-0.05, 0) is 40.1 Å². The highest BCUT2D eigenvalue weighted by atomic mass is 16.4. The first-order chi connectivity index (χ1) is 14.6. The maximum absolute atomic E-state index is 12.7. The second-order valence-corrected chi connectivity index (χ2v) is 8.71. The lowest BCUT2D eigenvalue weighted by atomic mass is 9.87. The summed E-state index contributed by atoms with van der Waals surface area (Å²) in [5.74, 6) is 0.0351. The van der Waals surface area contributed by atoms with Crippen molar-refractivity contribution in [2.75, 3.05) is 34.2 Å². The number of rotatable bonds is 6. The number of hydrogen-bond acceptors (Lipinski definition) is 5. The third-order valence-electron chi connectivity index (χ3n) is 6.56. The highest BCUT2D eigenvalue weighted by Gasteiger charge is 2.47. The Labute approximate surface area is 183 Å². The molecule has 0 fully saturated rings. The molecule has 0 saturated heterocycles. The number of hydrogen-bond donors (Lipinski definition) is 1. The van der Waals surface area contributed by atoms with E-state index in [9.17, 15) is 14.7 Å². The minimum Gasteiger partial charge on any atom is -0.465 e. The SMILES string of the molecule is CCN(C(=O)O)[C@@H]1C[C@H](C)[N+](C)(C(C)=O)c2ccc(-c3cn(CCN(C)C)nn3)cc21. The molecule has 0 radical (unpaired) electrons. The predicted octanol–water partition coefficient (Wildman–Crippen LogP) is 2.82. The zero-order chi connectivity index (χ0) is 22.9. The Bertz CT molecular complexity index is 972.